The molecule has 12 rings (SSSR count). The molecule has 6 saturated heterocycles. The summed E-state index contributed by atoms with van der Waals surface area (Å²) in [6.45, 7) is 25.2. The Kier molecular flexibility index (Phi) is 28.4. The molecule has 6 fully saturated rings. The zero-order chi connectivity index (χ0) is 75.9. The minimum Gasteiger partial charge on any atom is -0.443 e. The van der Waals surface area contributed by atoms with Crippen LogP contribution >= 0.6 is 0 Å². The van der Waals surface area contributed by atoms with Gasteiger partial charge in [-0.3, -0.25) is 23.9 Å². The van der Waals surface area contributed by atoms with Crippen LogP contribution in [-0.2, 0) is 80.0 Å². The van der Waals surface area contributed by atoms with Gasteiger partial charge in [0.2, 0.25) is 5.91 Å². The smallest absolute Gasteiger partial charge is 0.425 e. The summed E-state index contributed by atoms with van der Waals surface area (Å²) in [5, 5.41) is 4.18. The second-order valence-corrected chi connectivity index (χ2v) is 40.3. The van der Waals surface area contributed by atoms with Gasteiger partial charge in [-0.15, -0.1) is 0 Å². The SMILES string of the molecule is CC1=CN([C@@H]2O[C@H](COC3CCCCO3)[C@@H](OC3CCCCO3)[C@@H]2OCCO[Si](c2ccccc2)(c2ccccc2)C(C)(C)C)C(=O)CC1=O.Cc1cn([C@@H]2O[C@H](COC3CCCCO3)[C@@H](OC3CCCCO3)[C@@H]2OCCO[Si](c2ccccc2)(c2ccccc2)C(C)(C)C)c(=O)n(C(=O)OC(C)(C)C)c1=O. The predicted molar refractivity (Wildman–Crippen MR) is 407 cm³/mol. The van der Waals surface area contributed by atoms with E-state index in [2.05, 4.69) is 114 Å². The van der Waals surface area contributed by atoms with Gasteiger partial charge in [0, 0.05) is 50.0 Å². The number of aryl methyl sites for hydroxylation is 1. The summed E-state index contributed by atoms with van der Waals surface area (Å²) in [5.74, 6) is -0.536. The molecule has 0 aliphatic carbocycles. The number of aromatic nitrogens is 2. The second-order valence-electron chi connectivity index (χ2n) is 31.7. The van der Waals surface area contributed by atoms with Gasteiger partial charge < -0.3 is 70.4 Å². The van der Waals surface area contributed by atoms with Crippen molar-refractivity contribution >= 4 is 55.2 Å². The van der Waals surface area contributed by atoms with Gasteiger partial charge in [0.15, 0.2) is 43.4 Å². The minimum atomic E-state index is -2.91. The van der Waals surface area contributed by atoms with Crippen LogP contribution in [0.4, 0.5) is 4.79 Å². The third-order valence-electron chi connectivity index (χ3n) is 20.7. The van der Waals surface area contributed by atoms with Crippen molar-refractivity contribution in [2.75, 3.05) is 66.1 Å². The lowest BCUT2D eigenvalue weighted by Gasteiger charge is -2.43. The fourth-order valence-corrected chi connectivity index (χ4v) is 24.5. The first-order valence-electron chi connectivity index (χ1n) is 38.5. The lowest BCUT2D eigenvalue weighted by molar-refractivity contribution is -0.226. The molecule has 7 aliphatic heterocycles. The van der Waals surface area contributed by atoms with Crippen LogP contribution in [0.25, 0.3) is 0 Å². The highest BCUT2D eigenvalue weighted by atomic mass is 28.4. The summed E-state index contributed by atoms with van der Waals surface area (Å²) in [6, 6.07) is 41.7. The van der Waals surface area contributed by atoms with Gasteiger partial charge in [-0.1, -0.05) is 163 Å². The molecule has 8 heterocycles. The van der Waals surface area contributed by atoms with E-state index in [9.17, 15) is 24.0 Å². The summed E-state index contributed by atoms with van der Waals surface area (Å²) in [5.41, 5.74) is -2.03. The number of ketones is 1. The maximum absolute atomic E-state index is 14.2. The summed E-state index contributed by atoms with van der Waals surface area (Å²) >= 11 is 0. The topological polar surface area (TPSA) is 237 Å². The molecule has 0 bridgehead atoms. The average Bonchev–Trinajstić information content (AvgIpc) is 1.26. The number of nitrogens with zero attached hydrogens (tertiary/aromatic N) is 3. The summed E-state index contributed by atoms with van der Waals surface area (Å²) in [6.07, 6.45) is 4.48. The van der Waals surface area contributed by atoms with Crippen molar-refractivity contribution in [3.05, 3.63) is 166 Å². The Bertz CT molecular complexity index is 3720. The third-order valence-corrected chi connectivity index (χ3v) is 30.8. The molecule has 1 amide bonds. The monoisotopic (exact) mass is 1520 g/mol. The van der Waals surface area contributed by atoms with Gasteiger partial charge in [-0.2, -0.15) is 4.57 Å². The molecular weight excluding hydrogens is 1400 g/mol. The number of carbonyl (C=O) groups excluding carboxylic acids is 3. The second kappa shape index (κ2) is 37.2. The molecule has 584 valence electrons. The van der Waals surface area contributed by atoms with Crippen LogP contribution < -0.4 is 32.0 Å². The van der Waals surface area contributed by atoms with E-state index >= 15 is 0 Å². The van der Waals surface area contributed by atoms with Gasteiger partial charge in [0.25, 0.3) is 22.2 Å². The fraction of sp³-hybridized carbons (Fsp3) is 0.598. The zero-order valence-corrected chi connectivity index (χ0v) is 66.4. The molecule has 7 aliphatic rings. The third kappa shape index (κ3) is 19.9. The molecule has 107 heavy (non-hydrogen) atoms. The Balaban J connectivity index is 0.000000215. The van der Waals surface area contributed by atoms with E-state index in [1.54, 1.807) is 33.9 Å². The first kappa shape index (κ1) is 81.8. The van der Waals surface area contributed by atoms with Crippen molar-refractivity contribution in [2.45, 2.75) is 250 Å². The molecule has 0 N–H and O–H groups in total. The molecular formula is C82H113N3O20Si2. The van der Waals surface area contributed by atoms with E-state index in [0.29, 0.717) is 49.6 Å². The fourth-order valence-electron chi connectivity index (χ4n) is 15.5. The average molecular weight is 1520 g/mol. The van der Waals surface area contributed by atoms with Crippen LogP contribution in [0.2, 0.25) is 10.1 Å². The van der Waals surface area contributed by atoms with E-state index in [4.69, 9.17) is 70.4 Å². The van der Waals surface area contributed by atoms with Crippen LogP contribution in [0.15, 0.2) is 149 Å². The van der Waals surface area contributed by atoms with Gasteiger partial charge in [-0.25, -0.2) is 9.59 Å². The Morgan fingerprint density at radius 2 is 0.860 bits per heavy atom. The number of ether oxygens (including phenoxy) is 13. The molecule has 5 aromatic rings. The standard InChI is InChI=1S/C43H60N2O11Si.C39H53NO9Si/c1-30-28-44(40(47)45(38(30)46)41(48)56-42(2,3)4)39-37(36(55-35-23-15-17-25-50-35)33(54-39)29-52-34-22-14-16-24-49-34)51-26-27-53-57(43(5,6)7,31-18-10-8-11-19-31)32-20-12-9-13-21-32;1-28-26-40(33(42)25-31(28)41)38-37(36(49-35-20-12-14-22-44-35)32(48-38)27-46-34-19-11-13-21-43-34)45-23-24-47-50(39(2,3)4,29-15-7-5-8-16-29)30-17-9-6-10-18-30/h8-13,18-21,28,33-37,39H,14-17,22-27,29H2,1-7H3;5-10,15-18,26,32,34-38H,11-14,19-25,27H2,1-4H3/t33-,34?,35?,36-,37+,39-;32-,34?,35?,36-,37+,38-/m11/s1. The van der Waals surface area contributed by atoms with Crippen LogP contribution in [0.1, 0.15) is 164 Å². The van der Waals surface area contributed by atoms with Gasteiger partial charge in [0.1, 0.15) is 42.2 Å². The molecule has 0 spiro atoms. The van der Waals surface area contributed by atoms with E-state index in [0.717, 1.165) is 81.0 Å². The highest BCUT2D eigenvalue weighted by Gasteiger charge is 2.55. The number of rotatable bonds is 26. The highest BCUT2D eigenvalue weighted by Crippen LogP contribution is 2.41. The van der Waals surface area contributed by atoms with E-state index in [1.807, 2.05) is 48.5 Å². The van der Waals surface area contributed by atoms with Crippen molar-refractivity contribution in [2.24, 2.45) is 0 Å². The lowest BCUT2D eigenvalue weighted by Crippen LogP contribution is -2.66. The number of amides is 1. The molecule has 4 aromatic carbocycles. The Morgan fingerprint density at radius 1 is 0.477 bits per heavy atom. The summed E-state index contributed by atoms with van der Waals surface area (Å²) in [7, 11) is -5.72. The van der Waals surface area contributed by atoms with Gasteiger partial charge >= 0.3 is 11.8 Å². The number of Topliss-reactive ketones (excluding diaryl/α,β-unsaturated/α-hetero) is 1. The number of hydrogen-bond acceptors (Lipinski definition) is 20. The first-order chi connectivity index (χ1) is 51.4. The van der Waals surface area contributed by atoms with Crippen molar-refractivity contribution in [3.8, 4) is 0 Å². The Labute approximate surface area is 632 Å². The molecule has 1 aromatic heterocycles. The maximum Gasteiger partial charge on any atom is 0.425 e. The maximum atomic E-state index is 14.2. The van der Waals surface area contributed by atoms with Crippen LogP contribution in [-0.4, -0.2) is 188 Å². The summed E-state index contributed by atoms with van der Waals surface area (Å²) in [4.78, 5) is 68.3. The zero-order valence-electron chi connectivity index (χ0n) is 64.4. The molecule has 0 radical (unpaired) electrons. The van der Waals surface area contributed by atoms with Crippen LogP contribution in [0, 0.1) is 6.92 Å². The van der Waals surface area contributed by atoms with Gasteiger partial charge in [-0.05, 0) is 142 Å². The molecule has 4 unspecified atom stereocenters. The van der Waals surface area contributed by atoms with E-state index < -0.39 is 108 Å². The molecule has 12 atom stereocenters. The lowest BCUT2D eigenvalue weighted by atomic mass is 10.0. The van der Waals surface area contributed by atoms with Gasteiger partial charge in [0.05, 0.1) is 46.1 Å². The Morgan fingerprint density at radius 3 is 1.23 bits per heavy atom. The minimum absolute atomic E-state index is 0.0798. The molecule has 23 nitrogen and oxygen atoms in total. The normalized spacial score (nSPS) is 26.3. The predicted octanol–water partition coefficient (Wildman–Crippen LogP) is 10.2. The Hall–Kier alpha value is -6.22. The van der Waals surface area contributed by atoms with Crippen molar-refractivity contribution in [1.82, 2.24) is 14.0 Å². The van der Waals surface area contributed by atoms with Crippen LogP contribution in [0.5, 0.6) is 0 Å². The quantitative estimate of drug-likeness (QED) is 0.0284. The number of allylic oxidation sites excluding steroid dienone is 1. The first-order valence-corrected chi connectivity index (χ1v) is 42.3. The highest BCUT2D eigenvalue weighted by molar-refractivity contribution is 7.00. The molecule has 25 heteroatoms. The number of carbonyl (C=O) groups is 3. The van der Waals surface area contributed by atoms with Crippen molar-refractivity contribution < 1.29 is 84.8 Å². The summed E-state index contributed by atoms with van der Waals surface area (Å²) < 4.78 is 97.9. The van der Waals surface area contributed by atoms with E-state index in [1.165, 1.54) is 33.0 Å². The van der Waals surface area contributed by atoms with Crippen molar-refractivity contribution in [1.29, 1.82) is 0 Å². The van der Waals surface area contributed by atoms with Crippen molar-refractivity contribution in [3.63, 3.8) is 0 Å². The largest absolute Gasteiger partial charge is 0.443 e. The van der Waals surface area contributed by atoms with E-state index in [-0.39, 0.29) is 73.1 Å². The number of benzene rings is 4. The van der Waals surface area contributed by atoms with Crippen LogP contribution in [0.3, 0.4) is 0 Å². The molecule has 0 saturated carbocycles. The number of hydrogen-bond donors (Lipinski definition) is 0.